The van der Waals surface area contributed by atoms with E-state index < -0.39 is 6.10 Å². The number of hydrogen-bond donors (Lipinski definition) is 2. The molecule has 7 heteroatoms. The first kappa shape index (κ1) is 19.4. The summed E-state index contributed by atoms with van der Waals surface area (Å²) in [4.78, 5) is 18.8. The van der Waals surface area contributed by atoms with Gasteiger partial charge in [0.15, 0.2) is 0 Å². The minimum atomic E-state index is -0.585. The van der Waals surface area contributed by atoms with Gasteiger partial charge < -0.3 is 25.0 Å². The zero-order chi connectivity index (χ0) is 19.2. The molecule has 2 aromatic rings. The SMILES string of the molecule is Cn1ccnc1[C@@H](O)C1CCN(C(=O)Cc2cccc(OCCN)c2)CC1. The van der Waals surface area contributed by atoms with Crippen LogP contribution in [0.3, 0.4) is 0 Å². The smallest absolute Gasteiger partial charge is 0.226 e. The lowest BCUT2D eigenvalue weighted by molar-refractivity contribution is -0.132. The Morgan fingerprint density at radius 1 is 1.41 bits per heavy atom. The van der Waals surface area contributed by atoms with Crippen LogP contribution in [0.2, 0.25) is 0 Å². The van der Waals surface area contributed by atoms with Crippen molar-refractivity contribution in [1.82, 2.24) is 14.5 Å². The summed E-state index contributed by atoms with van der Waals surface area (Å²) in [5.41, 5.74) is 6.39. The number of imidazole rings is 1. The molecule has 1 aliphatic heterocycles. The number of nitrogens with zero attached hydrogens (tertiary/aromatic N) is 3. The number of amides is 1. The predicted molar refractivity (Wildman–Crippen MR) is 102 cm³/mol. The van der Waals surface area contributed by atoms with Crippen molar-refractivity contribution in [3.8, 4) is 5.75 Å². The van der Waals surface area contributed by atoms with Crippen molar-refractivity contribution < 1.29 is 14.6 Å². The van der Waals surface area contributed by atoms with Gasteiger partial charge in [0.25, 0.3) is 0 Å². The molecule has 0 bridgehead atoms. The van der Waals surface area contributed by atoms with Crippen LogP contribution in [-0.2, 0) is 18.3 Å². The summed E-state index contributed by atoms with van der Waals surface area (Å²) in [7, 11) is 1.88. The largest absolute Gasteiger partial charge is 0.492 e. The molecule has 1 aliphatic rings. The van der Waals surface area contributed by atoms with Crippen LogP contribution in [0.5, 0.6) is 5.75 Å². The number of carbonyl (C=O) groups excluding carboxylic acids is 1. The Kier molecular flexibility index (Phi) is 6.47. The third kappa shape index (κ3) is 4.87. The molecule has 0 unspecified atom stereocenters. The fourth-order valence-electron chi connectivity index (χ4n) is 3.55. The fraction of sp³-hybridized carbons (Fsp3) is 0.500. The molecule has 146 valence electrons. The number of carbonyl (C=O) groups is 1. The van der Waals surface area contributed by atoms with Crippen molar-refractivity contribution in [3.05, 3.63) is 48.0 Å². The number of aromatic nitrogens is 2. The van der Waals surface area contributed by atoms with Gasteiger partial charge in [0.05, 0.1) is 6.42 Å². The lowest BCUT2D eigenvalue weighted by Crippen LogP contribution is -2.40. The van der Waals surface area contributed by atoms with Gasteiger partial charge in [0.1, 0.15) is 24.3 Å². The van der Waals surface area contributed by atoms with Gasteiger partial charge in [-0.3, -0.25) is 4.79 Å². The number of hydrogen-bond acceptors (Lipinski definition) is 5. The van der Waals surface area contributed by atoms with Crippen molar-refractivity contribution in [3.63, 3.8) is 0 Å². The van der Waals surface area contributed by atoms with Crippen LogP contribution in [0, 0.1) is 5.92 Å². The van der Waals surface area contributed by atoms with Crippen molar-refractivity contribution in [1.29, 1.82) is 0 Å². The molecule has 27 heavy (non-hydrogen) atoms. The lowest BCUT2D eigenvalue weighted by Gasteiger charge is -2.34. The Morgan fingerprint density at radius 2 is 2.19 bits per heavy atom. The number of likely N-dealkylation sites (tertiary alicyclic amines) is 1. The molecule has 0 spiro atoms. The molecule has 1 aromatic carbocycles. The van der Waals surface area contributed by atoms with Crippen molar-refractivity contribution in [2.75, 3.05) is 26.2 Å². The first-order valence-electron chi connectivity index (χ1n) is 9.43. The highest BCUT2D eigenvalue weighted by Crippen LogP contribution is 2.30. The van der Waals surface area contributed by atoms with Gasteiger partial charge in [-0.2, -0.15) is 0 Å². The monoisotopic (exact) mass is 372 g/mol. The zero-order valence-electron chi connectivity index (χ0n) is 15.8. The average molecular weight is 372 g/mol. The van der Waals surface area contributed by atoms with Crippen molar-refractivity contribution >= 4 is 5.91 Å². The minimum Gasteiger partial charge on any atom is -0.492 e. The summed E-state index contributed by atoms with van der Waals surface area (Å²) in [5.74, 6) is 1.66. The van der Waals surface area contributed by atoms with Crippen LogP contribution < -0.4 is 10.5 Å². The molecule has 7 nitrogen and oxygen atoms in total. The highest BCUT2D eigenvalue weighted by molar-refractivity contribution is 5.79. The van der Waals surface area contributed by atoms with E-state index in [1.807, 2.05) is 47.0 Å². The Labute approximate surface area is 159 Å². The van der Waals surface area contributed by atoms with E-state index in [0.29, 0.717) is 38.5 Å². The molecular weight excluding hydrogens is 344 g/mol. The highest BCUT2D eigenvalue weighted by Gasteiger charge is 2.30. The normalized spacial score (nSPS) is 16.3. The van der Waals surface area contributed by atoms with Crippen LogP contribution in [0.15, 0.2) is 36.7 Å². The second kappa shape index (κ2) is 9.01. The van der Waals surface area contributed by atoms with Crippen LogP contribution in [-0.4, -0.2) is 51.7 Å². The van der Waals surface area contributed by atoms with Gasteiger partial charge in [-0.1, -0.05) is 12.1 Å². The first-order valence-corrected chi connectivity index (χ1v) is 9.43. The number of ether oxygens (including phenoxy) is 1. The Bertz CT molecular complexity index is 753. The first-order chi connectivity index (χ1) is 13.1. The molecular formula is C20H28N4O3. The maximum Gasteiger partial charge on any atom is 0.226 e. The van der Waals surface area contributed by atoms with Crippen LogP contribution in [0.4, 0.5) is 0 Å². The molecule has 1 atom stereocenters. The number of aliphatic hydroxyl groups is 1. The van der Waals surface area contributed by atoms with E-state index >= 15 is 0 Å². The van der Waals surface area contributed by atoms with Crippen LogP contribution >= 0.6 is 0 Å². The van der Waals surface area contributed by atoms with Gasteiger partial charge >= 0.3 is 0 Å². The number of benzene rings is 1. The van der Waals surface area contributed by atoms with E-state index in [4.69, 9.17) is 10.5 Å². The maximum atomic E-state index is 12.6. The lowest BCUT2D eigenvalue weighted by atomic mass is 9.90. The predicted octanol–water partition coefficient (Wildman–Crippen LogP) is 1.27. The minimum absolute atomic E-state index is 0.107. The van der Waals surface area contributed by atoms with E-state index in [9.17, 15) is 9.90 Å². The van der Waals surface area contributed by atoms with E-state index in [1.54, 1.807) is 6.20 Å². The third-order valence-electron chi connectivity index (χ3n) is 5.10. The third-order valence-corrected chi connectivity index (χ3v) is 5.10. The second-order valence-corrected chi connectivity index (χ2v) is 7.02. The molecule has 0 radical (unpaired) electrons. The summed E-state index contributed by atoms with van der Waals surface area (Å²) in [6.45, 7) is 2.24. The van der Waals surface area contributed by atoms with E-state index in [-0.39, 0.29) is 11.8 Å². The maximum absolute atomic E-state index is 12.6. The fourth-order valence-corrected chi connectivity index (χ4v) is 3.55. The van der Waals surface area contributed by atoms with E-state index in [0.717, 1.165) is 24.2 Å². The molecule has 2 heterocycles. The van der Waals surface area contributed by atoms with Crippen molar-refractivity contribution in [2.45, 2.75) is 25.4 Å². The van der Waals surface area contributed by atoms with Crippen LogP contribution in [0.1, 0.15) is 30.3 Å². The van der Waals surface area contributed by atoms with Crippen LogP contribution in [0.25, 0.3) is 0 Å². The quantitative estimate of drug-likeness (QED) is 0.763. The zero-order valence-corrected chi connectivity index (χ0v) is 15.8. The Morgan fingerprint density at radius 3 is 2.85 bits per heavy atom. The topological polar surface area (TPSA) is 93.6 Å². The molecule has 1 amide bonds. The molecule has 3 rings (SSSR count). The number of nitrogens with two attached hydrogens (primary N) is 1. The second-order valence-electron chi connectivity index (χ2n) is 7.02. The molecule has 1 fully saturated rings. The number of rotatable bonds is 7. The van der Waals surface area contributed by atoms with Gasteiger partial charge in [0.2, 0.25) is 5.91 Å². The summed E-state index contributed by atoms with van der Waals surface area (Å²) in [6, 6.07) is 7.59. The molecule has 3 N–H and O–H groups in total. The summed E-state index contributed by atoms with van der Waals surface area (Å²) < 4.78 is 7.37. The number of aliphatic hydroxyl groups excluding tert-OH is 1. The summed E-state index contributed by atoms with van der Waals surface area (Å²) in [6.07, 6.45) is 4.86. The molecule has 1 saturated heterocycles. The van der Waals surface area contributed by atoms with Crippen molar-refractivity contribution in [2.24, 2.45) is 18.7 Å². The molecule has 0 saturated carbocycles. The van der Waals surface area contributed by atoms with Gasteiger partial charge in [-0.05, 0) is 36.5 Å². The standard InChI is InChI=1S/C20H28N4O3/c1-23-11-8-22-20(23)19(26)16-5-9-24(10-6-16)18(25)14-15-3-2-4-17(13-15)27-12-7-21/h2-4,8,11,13,16,19,26H,5-7,9-10,12,14,21H2,1H3/t19-/m0/s1. The number of aryl methyl sites for hydroxylation is 1. The summed E-state index contributed by atoms with van der Waals surface area (Å²) in [5, 5.41) is 10.6. The Hall–Kier alpha value is -2.38. The van der Waals surface area contributed by atoms with E-state index in [2.05, 4.69) is 4.98 Å². The Balaban J connectivity index is 1.52. The van der Waals surface area contributed by atoms with Gasteiger partial charge in [-0.25, -0.2) is 4.98 Å². The van der Waals surface area contributed by atoms with Gasteiger partial charge in [-0.15, -0.1) is 0 Å². The molecule has 1 aromatic heterocycles. The highest BCUT2D eigenvalue weighted by atomic mass is 16.5. The van der Waals surface area contributed by atoms with Gasteiger partial charge in [0, 0.05) is 39.1 Å². The van der Waals surface area contributed by atoms with E-state index in [1.165, 1.54) is 0 Å². The number of piperidine rings is 1. The molecule has 0 aliphatic carbocycles. The average Bonchev–Trinajstić information content (AvgIpc) is 3.12. The summed E-state index contributed by atoms with van der Waals surface area (Å²) >= 11 is 0.